The van der Waals surface area contributed by atoms with Crippen LogP contribution in [0.1, 0.15) is 39.2 Å². The monoisotopic (exact) mass is 271 g/mol. The first kappa shape index (κ1) is 15.9. The highest BCUT2D eigenvalue weighted by molar-refractivity contribution is 5.27. The van der Waals surface area contributed by atoms with Crippen molar-refractivity contribution in [1.29, 1.82) is 0 Å². The fraction of sp³-hybridized carbons (Fsp3) is 0.600. The molecule has 0 saturated carbocycles. The van der Waals surface area contributed by atoms with Gasteiger partial charge in [0.1, 0.15) is 5.75 Å². The number of ether oxygens (including phenoxy) is 1. The average Bonchev–Trinajstić information content (AvgIpc) is 2.37. The van der Waals surface area contributed by atoms with Crippen molar-refractivity contribution in [2.45, 2.75) is 58.7 Å². The molecule has 0 radical (unpaired) electrons. The molecule has 0 heterocycles. The van der Waals surface area contributed by atoms with E-state index >= 15 is 0 Å². The van der Waals surface area contributed by atoms with Crippen LogP contribution in [0.5, 0.6) is 5.75 Å². The van der Waals surface area contributed by atoms with Gasteiger partial charge in [-0.15, -0.1) is 0 Å². The Morgan fingerprint density at radius 2 is 1.74 bits per heavy atom. The Labute approximate surface area is 114 Å². The molecule has 2 atom stereocenters. The summed E-state index contributed by atoms with van der Waals surface area (Å²) in [4.78, 5) is 0. The Morgan fingerprint density at radius 3 is 2.26 bits per heavy atom. The zero-order valence-corrected chi connectivity index (χ0v) is 11.8. The van der Waals surface area contributed by atoms with Crippen LogP contribution in [0.2, 0.25) is 0 Å². The number of rotatable bonds is 8. The third-order valence-electron chi connectivity index (χ3n) is 3.20. The fourth-order valence-electron chi connectivity index (χ4n) is 1.91. The number of nitrogens with one attached hydrogen (secondary N) is 1. The molecule has 2 unspecified atom stereocenters. The summed E-state index contributed by atoms with van der Waals surface area (Å²) in [5, 5.41) is 3.51. The van der Waals surface area contributed by atoms with Crippen molar-refractivity contribution in [3.63, 3.8) is 0 Å². The summed E-state index contributed by atoms with van der Waals surface area (Å²) in [7, 11) is 0. The highest BCUT2D eigenvalue weighted by Crippen LogP contribution is 2.16. The normalized spacial score (nSPS) is 14.4. The van der Waals surface area contributed by atoms with E-state index < -0.39 is 6.61 Å². The van der Waals surface area contributed by atoms with Gasteiger partial charge in [-0.1, -0.05) is 19.1 Å². The van der Waals surface area contributed by atoms with Gasteiger partial charge in [0, 0.05) is 12.1 Å². The van der Waals surface area contributed by atoms with E-state index in [1.54, 1.807) is 12.1 Å². The van der Waals surface area contributed by atoms with Gasteiger partial charge in [-0.25, -0.2) is 0 Å². The van der Waals surface area contributed by atoms with Crippen LogP contribution in [-0.4, -0.2) is 18.7 Å². The average molecular weight is 271 g/mol. The fourth-order valence-corrected chi connectivity index (χ4v) is 1.91. The summed E-state index contributed by atoms with van der Waals surface area (Å²) in [6.45, 7) is 3.74. The lowest BCUT2D eigenvalue weighted by Crippen LogP contribution is -2.34. The Balaban J connectivity index is 2.37. The second-order valence-electron chi connectivity index (χ2n) is 4.94. The number of alkyl halides is 2. The van der Waals surface area contributed by atoms with E-state index in [1.165, 1.54) is 0 Å². The molecule has 2 nitrogen and oxygen atoms in total. The van der Waals surface area contributed by atoms with Crippen LogP contribution in [-0.2, 0) is 6.42 Å². The van der Waals surface area contributed by atoms with Crippen molar-refractivity contribution in [2.24, 2.45) is 0 Å². The highest BCUT2D eigenvalue weighted by atomic mass is 19.3. The molecule has 108 valence electrons. The summed E-state index contributed by atoms with van der Waals surface area (Å²) in [6, 6.07) is 7.84. The topological polar surface area (TPSA) is 21.3 Å². The molecule has 0 spiro atoms. The number of hydrogen-bond acceptors (Lipinski definition) is 2. The predicted octanol–water partition coefficient (Wildman–Crippen LogP) is 4.00. The summed E-state index contributed by atoms with van der Waals surface area (Å²) < 4.78 is 28.3. The molecule has 0 aliphatic carbocycles. The van der Waals surface area contributed by atoms with Gasteiger partial charge in [0.2, 0.25) is 0 Å². The van der Waals surface area contributed by atoms with Crippen molar-refractivity contribution in [3.05, 3.63) is 29.8 Å². The maximum absolute atomic E-state index is 12.0. The second-order valence-corrected chi connectivity index (χ2v) is 4.94. The largest absolute Gasteiger partial charge is 0.435 e. The van der Waals surface area contributed by atoms with Crippen molar-refractivity contribution in [2.75, 3.05) is 0 Å². The molecule has 1 aromatic rings. The number of halogens is 2. The molecular weight excluding hydrogens is 248 g/mol. The molecule has 0 fully saturated rings. The Morgan fingerprint density at radius 1 is 1.11 bits per heavy atom. The Hall–Kier alpha value is -1.16. The summed E-state index contributed by atoms with van der Waals surface area (Å²) in [6.07, 6.45) is 3.07. The standard InChI is InChI=1S/C15H23F2NO/c1-4-11(2)18-12(3)5-6-13-7-9-14(10-8-13)19-15(16)17/h7-12,15,18H,4-6H2,1-3H3. The minimum Gasteiger partial charge on any atom is -0.435 e. The third-order valence-corrected chi connectivity index (χ3v) is 3.20. The van der Waals surface area contributed by atoms with Crippen LogP contribution in [0.4, 0.5) is 8.78 Å². The first-order valence-electron chi connectivity index (χ1n) is 6.81. The van der Waals surface area contributed by atoms with Gasteiger partial charge in [-0.05, 0) is 50.8 Å². The van der Waals surface area contributed by atoms with E-state index in [4.69, 9.17) is 0 Å². The summed E-state index contributed by atoms with van der Waals surface area (Å²) in [5.41, 5.74) is 1.14. The molecule has 1 aromatic carbocycles. The van der Waals surface area contributed by atoms with Crippen LogP contribution in [0, 0.1) is 0 Å². The maximum Gasteiger partial charge on any atom is 0.387 e. The zero-order chi connectivity index (χ0) is 14.3. The van der Waals surface area contributed by atoms with Crippen LogP contribution in [0.3, 0.4) is 0 Å². The van der Waals surface area contributed by atoms with Gasteiger partial charge in [0.05, 0.1) is 0 Å². The lowest BCUT2D eigenvalue weighted by Gasteiger charge is -2.18. The Kier molecular flexibility index (Phi) is 6.78. The number of benzene rings is 1. The smallest absolute Gasteiger partial charge is 0.387 e. The molecular formula is C15H23F2NO. The van der Waals surface area contributed by atoms with Gasteiger partial charge >= 0.3 is 6.61 Å². The van der Waals surface area contributed by atoms with Crippen LogP contribution in [0.15, 0.2) is 24.3 Å². The van der Waals surface area contributed by atoms with Crippen molar-refractivity contribution < 1.29 is 13.5 Å². The van der Waals surface area contributed by atoms with Gasteiger partial charge in [-0.2, -0.15) is 8.78 Å². The van der Waals surface area contributed by atoms with Crippen molar-refractivity contribution in [1.82, 2.24) is 5.32 Å². The van der Waals surface area contributed by atoms with Crippen LogP contribution >= 0.6 is 0 Å². The molecule has 0 aliphatic heterocycles. The summed E-state index contributed by atoms with van der Waals surface area (Å²) in [5.74, 6) is 0.213. The van der Waals surface area contributed by atoms with Gasteiger partial charge in [-0.3, -0.25) is 0 Å². The first-order chi connectivity index (χ1) is 9.01. The first-order valence-corrected chi connectivity index (χ1v) is 6.81. The van der Waals surface area contributed by atoms with Gasteiger partial charge in [0.25, 0.3) is 0 Å². The molecule has 1 N–H and O–H groups in total. The maximum atomic E-state index is 12.0. The zero-order valence-electron chi connectivity index (χ0n) is 11.8. The molecule has 4 heteroatoms. The van der Waals surface area contributed by atoms with E-state index in [-0.39, 0.29) is 5.75 Å². The Bertz CT molecular complexity index is 354. The molecule has 0 bridgehead atoms. The lowest BCUT2D eigenvalue weighted by atomic mass is 10.1. The summed E-state index contributed by atoms with van der Waals surface area (Å²) >= 11 is 0. The van der Waals surface area contributed by atoms with E-state index in [1.807, 2.05) is 12.1 Å². The van der Waals surface area contributed by atoms with E-state index in [9.17, 15) is 8.78 Å². The molecule has 0 aliphatic rings. The molecule has 0 aromatic heterocycles. The van der Waals surface area contributed by atoms with E-state index in [0.717, 1.165) is 24.8 Å². The lowest BCUT2D eigenvalue weighted by molar-refractivity contribution is -0.0498. The molecule has 19 heavy (non-hydrogen) atoms. The number of hydrogen-bond donors (Lipinski definition) is 1. The highest BCUT2D eigenvalue weighted by Gasteiger charge is 2.07. The van der Waals surface area contributed by atoms with Crippen LogP contribution < -0.4 is 10.1 Å². The molecule has 0 saturated heterocycles. The molecule has 0 amide bonds. The SMILES string of the molecule is CCC(C)NC(C)CCc1ccc(OC(F)F)cc1. The van der Waals surface area contributed by atoms with Crippen molar-refractivity contribution in [3.8, 4) is 5.75 Å². The quantitative estimate of drug-likeness (QED) is 0.771. The second kappa shape index (κ2) is 8.10. The van der Waals surface area contributed by atoms with Gasteiger partial charge in [0.15, 0.2) is 0 Å². The number of aryl methyl sites for hydroxylation is 1. The van der Waals surface area contributed by atoms with Crippen LogP contribution in [0.25, 0.3) is 0 Å². The minimum absolute atomic E-state index is 0.213. The van der Waals surface area contributed by atoms with Gasteiger partial charge < -0.3 is 10.1 Å². The molecule has 1 rings (SSSR count). The van der Waals surface area contributed by atoms with E-state index in [2.05, 4.69) is 30.8 Å². The minimum atomic E-state index is -2.76. The predicted molar refractivity (Wildman–Crippen MR) is 73.7 cm³/mol. The third kappa shape index (κ3) is 6.53. The van der Waals surface area contributed by atoms with E-state index in [0.29, 0.717) is 12.1 Å². The van der Waals surface area contributed by atoms with Crippen molar-refractivity contribution >= 4 is 0 Å².